The van der Waals surface area contributed by atoms with Crippen LogP contribution in [0, 0.1) is 10.1 Å². The van der Waals surface area contributed by atoms with Gasteiger partial charge in [0.1, 0.15) is 0 Å². The molecule has 0 spiro atoms. The third-order valence-corrected chi connectivity index (χ3v) is 5.44. The number of ether oxygens (including phenoxy) is 1. The number of amides is 1. The smallest absolute Gasteiger partial charge is 0.312 e. The molecular weight excluding hydrogens is 460 g/mol. The molecule has 0 saturated heterocycles. The van der Waals surface area contributed by atoms with Gasteiger partial charge in [0.15, 0.2) is 0 Å². The monoisotopic (exact) mass is 474 g/mol. The van der Waals surface area contributed by atoms with E-state index in [1.807, 2.05) is 17.5 Å². The number of carbonyl (C=O) groups is 2. The van der Waals surface area contributed by atoms with E-state index < -0.39 is 22.9 Å². The second-order valence-electron chi connectivity index (χ2n) is 5.95. The fourth-order valence-electron chi connectivity index (χ4n) is 2.55. The lowest BCUT2D eigenvalue weighted by molar-refractivity contribution is -0.384. The van der Waals surface area contributed by atoms with Crippen molar-refractivity contribution in [3.05, 3.63) is 91.1 Å². The van der Waals surface area contributed by atoms with E-state index in [4.69, 9.17) is 4.74 Å². The number of benzene rings is 2. The molecular formula is C20H15BrN2O5S. The number of nitro benzene ring substituents is 1. The zero-order chi connectivity index (χ0) is 20.8. The van der Waals surface area contributed by atoms with Crippen LogP contribution in [0.3, 0.4) is 0 Å². The molecule has 0 aliphatic carbocycles. The van der Waals surface area contributed by atoms with Gasteiger partial charge >= 0.3 is 5.97 Å². The maximum atomic E-state index is 12.9. The fraction of sp³-hybridized carbons (Fsp3) is 0.100. The van der Waals surface area contributed by atoms with Crippen LogP contribution >= 0.6 is 27.3 Å². The minimum atomic E-state index is -1.16. The van der Waals surface area contributed by atoms with Crippen LogP contribution in [0.1, 0.15) is 16.5 Å². The highest BCUT2D eigenvalue weighted by Crippen LogP contribution is 2.29. The van der Waals surface area contributed by atoms with Gasteiger partial charge in [-0.3, -0.25) is 19.7 Å². The normalized spacial score (nSPS) is 11.5. The highest BCUT2D eigenvalue weighted by atomic mass is 79.9. The summed E-state index contributed by atoms with van der Waals surface area (Å²) in [5, 5.41) is 15.4. The summed E-state index contributed by atoms with van der Waals surface area (Å²) in [6.45, 7) is 0. The number of nitrogens with one attached hydrogen (secondary N) is 1. The Morgan fingerprint density at radius 1 is 1.14 bits per heavy atom. The summed E-state index contributed by atoms with van der Waals surface area (Å²) in [6, 6.07) is 16.3. The van der Waals surface area contributed by atoms with Gasteiger partial charge in [0, 0.05) is 27.0 Å². The van der Waals surface area contributed by atoms with Crippen molar-refractivity contribution in [3.8, 4) is 0 Å². The zero-order valence-electron chi connectivity index (χ0n) is 14.9. The SMILES string of the molecule is O=C(Cc1cccs1)OC(C(=O)Nc1ccc([N+](=O)[O-])cc1Br)c1ccccc1. The first-order valence-electron chi connectivity index (χ1n) is 8.45. The van der Waals surface area contributed by atoms with Gasteiger partial charge < -0.3 is 10.1 Å². The van der Waals surface area contributed by atoms with Crippen LogP contribution in [0.15, 0.2) is 70.5 Å². The lowest BCUT2D eigenvalue weighted by atomic mass is 10.1. The number of hydrogen-bond donors (Lipinski definition) is 1. The van der Waals surface area contributed by atoms with Crippen LogP contribution in [-0.2, 0) is 20.7 Å². The van der Waals surface area contributed by atoms with Crippen molar-refractivity contribution in [1.82, 2.24) is 0 Å². The second-order valence-corrected chi connectivity index (χ2v) is 7.83. The van der Waals surface area contributed by atoms with E-state index in [0.29, 0.717) is 15.7 Å². The van der Waals surface area contributed by atoms with E-state index >= 15 is 0 Å². The van der Waals surface area contributed by atoms with Crippen molar-refractivity contribution < 1.29 is 19.2 Å². The van der Waals surface area contributed by atoms with Crippen molar-refractivity contribution in [2.75, 3.05) is 5.32 Å². The molecule has 0 saturated carbocycles. The van der Waals surface area contributed by atoms with E-state index in [0.717, 1.165) is 4.88 Å². The Hall–Kier alpha value is -3.04. The molecule has 0 aliphatic rings. The van der Waals surface area contributed by atoms with Crippen molar-refractivity contribution in [2.45, 2.75) is 12.5 Å². The molecule has 148 valence electrons. The largest absolute Gasteiger partial charge is 0.447 e. The predicted molar refractivity (Wildman–Crippen MR) is 113 cm³/mol. The number of halogens is 1. The van der Waals surface area contributed by atoms with Gasteiger partial charge in [-0.05, 0) is 33.4 Å². The number of thiophene rings is 1. The van der Waals surface area contributed by atoms with Crippen molar-refractivity contribution >= 4 is 50.5 Å². The molecule has 7 nitrogen and oxygen atoms in total. The van der Waals surface area contributed by atoms with E-state index in [1.165, 1.54) is 29.5 Å². The van der Waals surface area contributed by atoms with Gasteiger partial charge in [0.05, 0.1) is 17.0 Å². The Bertz CT molecular complexity index is 1020. The van der Waals surface area contributed by atoms with E-state index in [-0.39, 0.29) is 12.1 Å². The standard InChI is InChI=1S/C20H15BrN2O5S/c21-16-11-14(23(26)27)8-9-17(16)22-20(25)19(13-5-2-1-3-6-13)28-18(24)12-15-7-4-10-29-15/h1-11,19H,12H2,(H,22,25). The van der Waals surface area contributed by atoms with Crippen molar-refractivity contribution in [1.29, 1.82) is 0 Å². The number of carbonyl (C=O) groups excluding carboxylic acids is 2. The molecule has 3 aromatic rings. The molecule has 1 amide bonds. The lowest BCUT2D eigenvalue weighted by Crippen LogP contribution is -2.26. The summed E-state index contributed by atoms with van der Waals surface area (Å²) < 4.78 is 5.82. The molecule has 9 heteroatoms. The maximum absolute atomic E-state index is 12.9. The first kappa shape index (κ1) is 20.7. The number of hydrogen-bond acceptors (Lipinski definition) is 6. The van der Waals surface area contributed by atoms with Crippen LogP contribution < -0.4 is 5.32 Å². The van der Waals surface area contributed by atoms with Gasteiger partial charge in [-0.25, -0.2) is 0 Å². The fourth-order valence-corrected chi connectivity index (χ4v) is 3.70. The van der Waals surface area contributed by atoms with E-state index in [1.54, 1.807) is 30.3 Å². The highest BCUT2D eigenvalue weighted by Gasteiger charge is 2.26. The topological polar surface area (TPSA) is 98.5 Å². The average Bonchev–Trinajstić information content (AvgIpc) is 3.21. The number of anilines is 1. The summed E-state index contributed by atoms with van der Waals surface area (Å²) in [5.41, 5.74) is 0.732. The van der Waals surface area contributed by atoms with Crippen LogP contribution in [0.25, 0.3) is 0 Å². The molecule has 0 fully saturated rings. The number of esters is 1. The Morgan fingerprint density at radius 3 is 2.52 bits per heavy atom. The molecule has 1 atom stereocenters. The summed E-state index contributed by atoms with van der Waals surface area (Å²) in [6.07, 6.45) is -1.10. The first-order chi connectivity index (χ1) is 13.9. The van der Waals surface area contributed by atoms with E-state index in [9.17, 15) is 19.7 Å². The van der Waals surface area contributed by atoms with Crippen LogP contribution in [0.5, 0.6) is 0 Å². The van der Waals surface area contributed by atoms with Crippen molar-refractivity contribution in [3.63, 3.8) is 0 Å². The minimum absolute atomic E-state index is 0.0650. The molecule has 1 unspecified atom stereocenters. The van der Waals surface area contributed by atoms with Crippen molar-refractivity contribution in [2.24, 2.45) is 0 Å². The van der Waals surface area contributed by atoms with Gasteiger partial charge in [-0.2, -0.15) is 0 Å². The molecule has 2 aromatic carbocycles. The summed E-state index contributed by atoms with van der Waals surface area (Å²) in [5.74, 6) is -1.09. The van der Waals surface area contributed by atoms with Gasteiger partial charge in [-0.15, -0.1) is 11.3 Å². The minimum Gasteiger partial charge on any atom is -0.447 e. The molecule has 0 aliphatic heterocycles. The zero-order valence-corrected chi connectivity index (χ0v) is 17.3. The summed E-state index contributed by atoms with van der Waals surface area (Å²) in [4.78, 5) is 36.4. The second kappa shape index (κ2) is 9.44. The number of nitro groups is 1. The summed E-state index contributed by atoms with van der Waals surface area (Å²) >= 11 is 4.64. The van der Waals surface area contributed by atoms with Gasteiger partial charge in [0.2, 0.25) is 6.10 Å². The third-order valence-electron chi connectivity index (χ3n) is 3.91. The molecule has 1 N–H and O–H groups in total. The number of rotatable bonds is 7. The Balaban J connectivity index is 1.79. The molecule has 3 rings (SSSR count). The molecule has 0 bridgehead atoms. The maximum Gasteiger partial charge on any atom is 0.312 e. The van der Waals surface area contributed by atoms with Gasteiger partial charge in [-0.1, -0.05) is 36.4 Å². The predicted octanol–water partition coefficient (Wildman–Crippen LogP) is 4.88. The highest BCUT2D eigenvalue weighted by molar-refractivity contribution is 9.10. The third kappa shape index (κ3) is 5.49. The summed E-state index contributed by atoms with van der Waals surface area (Å²) in [7, 11) is 0. The Morgan fingerprint density at radius 2 is 1.90 bits per heavy atom. The number of non-ortho nitro benzene ring substituents is 1. The van der Waals surface area contributed by atoms with Crippen LogP contribution in [-0.4, -0.2) is 16.8 Å². The molecule has 29 heavy (non-hydrogen) atoms. The molecule has 0 radical (unpaired) electrons. The molecule has 1 heterocycles. The van der Waals surface area contributed by atoms with E-state index in [2.05, 4.69) is 21.2 Å². The average molecular weight is 475 g/mol. The lowest BCUT2D eigenvalue weighted by Gasteiger charge is -2.18. The Labute approximate surface area is 178 Å². The quantitative estimate of drug-likeness (QED) is 0.298. The van der Waals surface area contributed by atoms with Crippen LogP contribution in [0.2, 0.25) is 0 Å². The Kier molecular flexibility index (Phi) is 6.73. The first-order valence-corrected chi connectivity index (χ1v) is 10.1. The molecule has 1 aromatic heterocycles. The number of nitrogens with zero attached hydrogens (tertiary/aromatic N) is 1. The van der Waals surface area contributed by atoms with Gasteiger partial charge in [0.25, 0.3) is 11.6 Å². The van der Waals surface area contributed by atoms with Crippen LogP contribution in [0.4, 0.5) is 11.4 Å².